The summed E-state index contributed by atoms with van der Waals surface area (Å²) in [5.41, 5.74) is 5.79. The van der Waals surface area contributed by atoms with Gasteiger partial charge in [0, 0.05) is 31.9 Å². The standard InChI is InChI=1S/C30H22N2S/c1-2-10-24(11-3-1)33-30-17-9-6-14-27(30)31-22-18-20-23(21-19-22)32-28-15-7-4-12-25(28)26-13-5-8-16-29(26)32/h1-21,31H. The summed E-state index contributed by atoms with van der Waals surface area (Å²) in [4.78, 5) is 2.43. The van der Waals surface area contributed by atoms with Crippen LogP contribution in [-0.4, -0.2) is 4.57 Å². The summed E-state index contributed by atoms with van der Waals surface area (Å²) in [6.07, 6.45) is 0. The number of rotatable bonds is 5. The smallest absolute Gasteiger partial charge is 0.0541 e. The molecule has 5 aromatic carbocycles. The van der Waals surface area contributed by atoms with Gasteiger partial charge >= 0.3 is 0 Å². The van der Waals surface area contributed by atoms with Crippen LogP contribution in [-0.2, 0) is 0 Å². The molecule has 0 atom stereocenters. The molecule has 0 radical (unpaired) electrons. The maximum atomic E-state index is 3.61. The third-order valence-electron chi connectivity index (χ3n) is 5.84. The van der Waals surface area contributed by atoms with Crippen molar-refractivity contribution in [3.63, 3.8) is 0 Å². The maximum Gasteiger partial charge on any atom is 0.0541 e. The largest absolute Gasteiger partial charge is 0.355 e. The van der Waals surface area contributed by atoms with Crippen LogP contribution in [0.2, 0.25) is 0 Å². The van der Waals surface area contributed by atoms with Crippen LogP contribution in [0.4, 0.5) is 11.4 Å². The lowest BCUT2D eigenvalue weighted by molar-refractivity contribution is 1.18. The molecule has 1 N–H and O–H groups in total. The highest BCUT2D eigenvalue weighted by molar-refractivity contribution is 7.99. The fourth-order valence-electron chi connectivity index (χ4n) is 4.32. The molecule has 0 aliphatic heterocycles. The molecule has 3 heteroatoms. The van der Waals surface area contributed by atoms with E-state index in [2.05, 4.69) is 131 Å². The molecule has 0 bridgehead atoms. The summed E-state index contributed by atoms with van der Waals surface area (Å²) in [6, 6.07) is 44.8. The third kappa shape index (κ3) is 3.77. The fraction of sp³-hybridized carbons (Fsp3) is 0. The number of hydrogen-bond acceptors (Lipinski definition) is 2. The number of aromatic nitrogens is 1. The maximum absolute atomic E-state index is 3.61. The zero-order chi connectivity index (χ0) is 22.0. The Morgan fingerprint density at radius 3 is 1.79 bits per heavy atom. The van der Waals surface area contributed by atoms with Gasteiger partial charge in [-0.2, -0.15) is 0 Å². The van der Waals surface area contributed by atoms with E-state index in [0.717, 1.165) is 17.1 Å². The highest BCUT2D eigenvalue weighted by Gasteiger charge is 2.11. The van der Waals surface area contributed by atoms with Crippen molar-refractivity contribution in [2.45, 2.75) is 9.79 Å². The second-order valence-corrected chi connectivity index (χ2v) is 9.07. The average Bonchev–Trinajstić information content (AvgIpc) is 3.21. The predicted molar refractivity (Wildman–Crippen MR) is 141 cm³/mol. The molecule has 1 heterocycles. The van der Waals surface area contributed by atoms with Crippen molar-refractivity contribution < 1.29 is 0 Å². The van der Waals surface area contributed by atoms with Gasteiger partial charge < -0.3 is 9.88 Å². The van der Waals surface area contributed by atoms with Gasteiger partial charge in [0.25, 0.3) is 0 Å². The van der Waals surface area contributed by atoms with Gasteiger partial charge in [-0.25, -0.2) is 0 Å². The summed E-state index contributed by atoms with van der Waals surface area (Å²) in [5.74, 6) is 0. The Kier molecular flexibility index (Phi) is 5.10. The molecule has 158 valence electrons. The van der Waals surface area contributed by atoms with E-state index < -0.39 is 0 Å². The Labute approximate surface area is 197 Å². The molecule has 0 aliphatic rings. The summed E-state index contributed by atoms with van der Waals surface area (Å²) < 4.78 is 2.34. The minimum Gasteiger partial charge on any atom is -0.355 e. The van der Waals surface area contributed by atoms with E-state index in [1.54, 1.807) is 11.8 Å². The number of benzene rings is 5. The van der Waals surface area contributed by atoms with Gasteiger partial charge in [-0.05, 0) is 60.7 Å². The van der Waals surface area contributed by atoms with Crippen molar-refractivity contribution in [3.8, 4) is 5.69 Å². The first kappa shape index (κ1) is 19.7. The first-order chi connectivity index (χ1) is 16.4. The monoisotopic (exact) mass is 442 g/mol. The molecule has 6 aromatic rings. The van der Waals surface area contributed by atoms with Crippen molar-refractivity contribution in [1.29, 1.82) is 0 Å². The van der Waals surface area contributed by atoms with E-state index in [0.29, 0.717) is 0 Å². The molecule has 0 amide bonds. The van der Waals surface area contributed by atoms with Crippen LogP contribution in [0.15, 0.2) is 137 Å². The van der Waals surface area contributed by atoms with E-state index in [9.17, 15) is 0 Å². The first-order valence-corrected chi connectivity index (χ1v) is 11.9. The Bertz CT molecular complexity index is 1500. The van der Waals surface area contributed by atoms with Crippen molar-refractivity contribution in [2.24, 2.45) is 0 Å². The van der Waals surface area contributed by atoms with Gasteiger partial charge in [-0.3, -0.25) is 0 Å². The molecule has 0 saturated carbocycles. The van der Waals surface area contributed by atoms with E-state index >= 15 is 0 Å². The lowest BCUT2D eigenvalue weighted by atomic mass is 10.2. The summed E-state index contributed by atoms with van der Waals surface area (Å²) >= 11 is 1.77. The normalized spacial score (nSPS) is 11.2. The molecule has 0 saturated heterocycles. The van der Waals surface area contributed by atoms with Crippen LogP contribution >= 0.6 is 11.8 Å². The van der Waals surface area contributed by atoms with Crippen LogP contribution in [0.5, 0.6) is 0 Å². The van der Waals surface area contributed by atoms with Crippen LogP contribution in [0, 0.1) is 0 Å². The number of hydrogen-bond donors (Lipinski definition) is 1. The fourth-order valence-corrected chi connectivity index (χ4v) is 5.25. The lowest BCUT2D eigenvalue weighted by Crippen LogP contribution is -1.96. The average molecular weight is 443 g/mol. The molecule has 0 aliphatic carbocycles. The number of anilines is 2. The van der Waals surface area contributed by atoms with Crippen molar-refractivity contribution in [3.05, 3.63) is 127 Å². The highest BCUT2D eigenvalue weighted by Crippen LogP contribution is 2.35. The summed E-state index contributed by atoms with van der Waals surface area (Å²) in [6.45, 7) is 0. The van der Waals surface area contributed by atoms with Crippen molar-refractivity contribution in [1.82, 2.24) is 4.57 Å². The molecular formula is C30H22N2S. The van der Waals surface area contributed by atoms with Gasteiger partial charge in [0.2, 0.25) is 0 Å². The van der Waals surface area contributed by atoms with Crippen LogP contribution in [0.3, 0.4) is 0 Å². The number of nitrogens with one attached hydrogen (secondary N) is 1. The topological polar surface area (TPSA) is 17.0 Å². The van der Waals surface area contributed by atoms with E-state index in [-0.39, 0.29) is 0 Å². The Hall–Kier alpha value is -3.95. The Morgan fingerprint density at radius 1 is 0.515 bits per heavy atom. The van der Waals surface area contributed by atoms with Gasteiger partial charge in [0.15, 0.2) is 0 Å². The second kappa shape index (κ2) is 8.53. The Balaban J connectivity index is 1.34. The third-order valence-corrected chi connectivity index (χ3v) is 6.93. The van der Waals surface area contributed by atoms with E-state index in [1.807, 2.05) is 6.07 Å². The van der Waals surface area contributed by atoms with Crippen LogP contribution in [0.25, 0.3) is 27.5 Å². The second-order valence-electron chi connectivity index (χ2n) is 7.95. The number of fused-ring (bicyclic) bond motifs is 3. The number of para-hydroxylation sites is 3. The molecule has 2 nitrogen and oxygen atoms in total. The minimum absolute atomic E-state index is 1.07. The van der Waals surface area contributed by atoms with E-state index in [1.165, 1.54) is 31.6 Å². The minimum atomic E-state index is 1.07. The quantitative estimate of drug-likeness (QED) is 0.288. The lowest BCUT2D eigenvalue weighted by Gasteiger charge is -2.13. The van der Waals surface area contributed by atoms with Crippen LogP contribution < -0.4 is 5.32 Å². The van der Waals surface area contributed by atoms with Crippen molar-refractivity contribution in [2.75, 3.05) is 5.32 Å². The molecule has 33 heavy (non-hydrogen) atoms. The predicted octanol–water partition coefficient (Wildman–Crippen LogP) is 8.68. The van der Waals surface area contributed by atoms with Crippen LogP contribution in [0.1, 0.15) is 0 Å². The molecule has 0 fully saturated rings. The zero-order valence-corrected chi connectivity index (χ0v) is 18.8. The van der Waals surface area contributed by atoms with Crippen molar-refractivity contribution >= 4 is 44.9 Å². The summed E-state index contributed by atoms with van der Waals surface area (Å²) in [5, 5.41) is 6.17. The van der Waals surface area contributed by atoms with E-state index in [4.69, 9.17) is 0 Å². The first-order valence-electron chi connectivity index (χ1n) is 11.0. The van der Waals surface area contributed by atoms with Gasteiger partial charge in [0.1, 0.15) is 0 Å². The molecule has 0 unspecified atom stereocenters. The summed E-state index contributed by atoms with van der Waals surface area (Å²) in [7, 11) is 0. The van der Waals surface area contributed by atoms with Gasteiger partial charge in [0.05, 0.1) is 16.7 Å². The van der Waals surface area contributed by atoms with Gasteiger partial charge in [-0.15, -0.1) is 0 Å². The van der Waals surface area contributed by atoms with Gasteiger partial charge in [-0.1, -0.05) is 78.5 Å². The molecular weight excluding hydrogens is 420 g/mol. The zero-order valence-electron chi connectivity index (χ0n) is 18.0. The molecule has 6 rings (SSSR count). The SMILES string of the molecule is c1ccc(Sc2ccccc2Nc2ccc(-n3c4ccccc4c4ccccc43)cc2)cc1. The Morgan fingerprint density at radius 2 is 1.09 bits per heavy atom. The molecule has 0 spiro atoms. The number of nitrogens with zero attached hydrogens (tertiary/aromatic N) is 1. The molecule has 1 aromatic heterocycles. The highest BCUT2D eigenvalue weighted by atomic mass is 32.2.